The zero-order chi connectivity index (χ0) is 20.2. The first-order valence-electron chi connectivity index (χ1n) is 10.4. The highest BCUT2D eigenvalue weighted by atomic mass is 16.6. The molecule has 29 heavy (non-hydrogen) atoms. The van der Waals surface area contributed by atoms with Gasteiger partial charge >= 0.3 is 0 Å². The van der Waals surface area contributed by atoms with Gasteiger partial charge in [-0.05, 0) is 48.9 Å². The second-order valence-corrected chi connectivity index (χ2v) is 8.07. The van der Waals surface area contributed by atoms with E-state index in [1.165, 1.54) is 18.4 Å². The molecule has 4 rings (SSSR count). The molecule has 0 amide bonds. The molecule has 2 fully saturated rings. The van der Waals surface area contributed by atoms with Crippen molar-refractivity contribution in [2.45, 2.75) is 50.3 Å². The van der Waals surface area contributed by atoms with E-state index in [0.717, 1.165) is 24.9 Å². The summed E-state index contributed by atoms with van der Waals surface area (Å²) >= 11 is 0. The van der Waals surface area contributed by atoms with Crippen LogP contribution in [-0.4, -0.2) is 42.2 Å². The van der Waals surface area contributed by atoms with Crippen molar-refractivity contribution in [2.75, 3.05) is 20.2 Å². The lowest BCUT2D eigenvalue weighted by Crippen LogP contribution is -2.28. The van der Waals surface area contributed by atoms with Gasteiger partial charge in [-0.15, -0.1) is 0 Å². The minimum Gasteiger partial charge on any atom is -0.493 e. The van der Waals surface area contributed by atoms with Crippen LogP contribution in [0.3, 0.4) is 0 Å². The Labute approximate surface area is 171 Å². The highest BCUT2D eigenvalue weighted by Gasteiger charge is 2.42. The molecule has 0 spiro atoms. The molecule has 0 unspecified atom stereocenters. The van der Waals surface area contributed by atoms with Crippen LogP contribution in [0.1, 0.15) is 42.7 Å². The summed E-state index contributed by atoms with van der Waals surface area (Å²) in [5, 5.41) is 11.8. The molecule has 0 N–H and O–H groups in total. The van der Waals surface area contributed by atoms with Crippen LogP contribution in [0.4, 0.5) is 0 Å². The lowest BCUT2D eigenvalue weighted by atomic mass is 9.94. The second kappa shape index (κ2) is 8.82. The molecule has 2 aliphatic rings. The molecule has 6 heteroatoms. The zero-order valence-electron chi connectivity index (χ0n) is 16.8. The Morgan fingerprint density at radius 3 is 2.52 bits per heavy atom. The Kier molecular flexibility index (Phi) is 6.00. The number of nitro groups is 1. The highest BCUT2D eigenvalue weighted by Crippen LogP contribution is 2.37. The van der Waals surface area contributed by atoms with Gasteiger partial charge in [0.1, 0.15) is 0 Å². The van der Waals surface area contributed by atoms with Crippen molar-refractivity contribution < 1.29 is 14.4 Å². The minimum absolute atomic E-state index is 0.128. The van der Waals surface area contributed by atoms with Gasteiger partial charge in [0.25, 0.3) is 0 Å². The molecular formula is C23H28N2O4. The van der Waals surface area contributed by atoms with Crippen molar-refractivity contribution in [3.05, 3.63) is 69.8 Å². The maximum absolute atomic E-state index is 11.8. The molecule has 0 bridgehead atoms. The van der Waals surface area contributed by atoms with Crippen LogP contribution in [-0.2, 0) is 6.54 Å². The lowest BCUT2D eigenvalue weighted by Gasteiger charge is -2.19. The number of hydrogen-bond donors (Lipinski definition) is 0. The molecule has 1 saturated heterocycles. The maximum atomic E-state index is 11.8. The third-order valence-electron chi connectivity index (χ3n) is 6.10. The fraction of sp³-hybridized carbons (Fsp3) is 0.478. The predicted molar refractivity (Wildman–Crippen MR) is 111 cm³/mol. The molecule has 2 aromatic carbocycles. The number of ether oxygens (including phenoxy) is 2. The van der Waals surface area contributed by atoms with Gasteiger partial charge in [0.15, 0.2) is 11.5 Å². The molecule has 2 atom stereocenters. The Balaban J connectivity index is 1.55. The molecular weight excluding hydrogens is 368 g/mol. The Bertz CT molecular complexity index is 836. The molecule has 2 aromatic rings. The summed E-state index contributed by atoms with van der Waals surface area (Å²) in [6, 6.07) is 15.3. The standard InChI is InChI=1S/C23H28N2O4/c1-28-22-12-11-18(13-23(22)29-19-9-5-6-10-19)20-15-24(16-21(20)25(26)27)14-17-7-3-2-4-8-17/h2-4,7-8,11-13,19-21H,5-6,9-10,14-16H2,1H3/t20-,21+/m1/s1. The van der Waals surface area contributed by atoms with Gasteiger partial charge in [0.2, 0.25) is 6.04 Å². The van der Waals surface area contributed by atoms with Crippen LogP contribution in [0, 0.1) is 10.1 Å². The second-order valence-electron chi connectivity index (χ2n) is 8.07. The van der Waals surface area contributed by atoms with Gasteiger partial charge in [0, 0.05) is 18.0 Å². The topological polar surface area (TPSA) is 64.8 Å². The summed E-state index contributed by atoms with van der Waals surface area (Å²) in [7, 11) is 1.63. The summed E-state index contributed by atoms with van der Waals surface area (Å²) in [6.07, 6.45) is 4.70. The first kappa shape index (κ1) is 19.7. The van der Waals surface area contributed by atoms with Gasteiger partial charge in [-0.2, -0.15) is 0 Å². The fourth-order valence-electron chi connectivity index (χ4n) is 4.58. The number of hydrogen-bond acceptors (Lipinski definition) is 5. The number of rotatable bonds is 7. The molecule has 1 heterocycles. The summed E-state index contributed by atoms with van der Waals surface area (Å²) < 4.78 is 11.7. The first-order valence-corrected chi connectivity index (χ1v) is 10.4. The molecule has 1 aliphatic carbocycles. The van der Waals surface area contributed by atoms with E-state index in [-0.39, 0.29) is 16.9 Å². The van der Waals surface area contributed by atoms with Crippen molar-refractivity contribution in [1.29, 1.82) is 0 Å². The summed E-state index contributed by atoms with van der Waals surface area (Å²) in [5.41, 5.74) is 2.13. The summed E-state index contributed by atoms with van der Waals surface area (Å²) in [5.74, 6) is 1.24. The van der Waals surface area contributed by atoms with Crippen LogP contribution in [0.15, 0.2) is 48.5 Å². The van der Waals surface area contributed by atoms with E-state index in [9.17, 15) is 10.1 Å². The average Bonchev–Trinajstić information content (AvgIpc) is 3.39. The first-order chi connectivity index (χ1) is 14.1. The van der Waals surface area contributed by atoms with E-state index >= 15 is 0 Å². The average molecular weight is 396 g/mol. The molecule has 0 aromatic heterocycles. The number of benzene rings is 2. The van der Waals surface area contributed by atoms with Crippen molar-refractivity contribution >= 4 is 0 Å². The summed E-state index contributed by atoms with van der Waals surface area (Å²) in [4.78, 5) is 13.8. The largest absolute Gasteiger partial charge is 0.493 e. The van der Waals surface area contributed by atoms with Crippen LogP contribution in [0.2, 0.25) is 0 Å². The van der Waals surface area contributed by atoms with E-state index in [1.807, 2.05) is 36.4 Å². The fourth-order valence-corrected chi connectivity index (χ4v) is 4.58. The molecule has 154 valence electrons. The van der Waals surface area contributed by atoms with Crippen LogP contribution < -0.4 is 9.47 Å². The monoisotopic (exact) mass is 396 g/mol. The Morgan fingerprint density at radius 1 is 1.07 bits per heavy atom. The number of methoxy groups -OCH3 is 1. The number of likely N-dealkylation sites (tertiary alicyclic amines) is 1. The van der Waals surface area contributed by atoms with E-state index in [4.69, 9.17) is 9.47 Å². The normalized spacial score (nSPS) is 22.7. The third-order valence-corrected chi connectivity index (χ3v) is 6.10. The number of nitrogens with zero attached hydrogens (tertiary/aromatic N) is 2. The van der Waals surface area contributed by atoms with Crippen molar-refractivity contribution in [3.63, 3.8) is 0 Å². The summed E-state index contributed by atoms with van der Waals surface area (Å²) in [6.45, 7) is 1.84. The predicted octanol–water partition coefficient (Wildman–Crippen LogP) is 4.26. The quantitative estimate of drug-likeness (QED) is 0.517. The third kappa shape index (κ3) is 4.53. The maximum Gasteiger partial charge on any atom is 0.233 e. The van der Waals surface area contributed by atoms with Crippen LogP contribution >= 0.6 is 0 Å². The SMILES string of the molecule is COc1ccc([C@H]2CN(Cc3ccccc3)C[C@@H]2[N+](=O)[O-])cc1OC1CCCC1. The smallest absolute Gasteiger partial charge is 0.233 e. The van der Waals surface area contributed by atoms with Gasteiger partial charge < -0.3 is 9.47 Å². The minimum atomic E-state index is -0.619. The van der Waals surface area contributed by atoms with E-state index < -0.39 is 6.04 Å². The van der Waals surface area contributed by atoms with E-state index in [1.54, 1.807) is 7.11 Å². The molecule has 1 saturated carbocycles. The van der Waals surface area contributed by atoms with Gasteiger partial charge in [-0.25, -0.2) is 0 Å². The van der Waals surface area contributed by atoms with E-state index in [2.05, 4.69) is 17.0 Å². The lowest BCUT2D eigenvalue weighted by molar-refractivity contribution is -0.521. The molecule has 0 radical (unpaired) electrons. The van der Waals surface area contributed by atoms with Gasteiger partial charge in [-0.1, -0.05) is 36.4 Å². The van der Waals surface area contributed by atoms with Crippen molar-refractivity contribution in [1.82, 2.24) is 4.90 Å². The van der Waals surface area contributed by atoms with Crippen molar-refractivity contribution in [3.8, 4) is 11.5 Å². The Morgan fingerprint density at radius 2 is 1.83 bits per heavy atom. The van der Waals surface area contributed by atoms with Gasteiger partial charge in [0.05, 0.1) is 25.7 Å². The van der Waals surface area contributed by atoms with Crippen LogP contribution in [0.25, 0.3) is 0 Å². The Hall–Kier alpha value is -2.60. The highest BCUT2D eigenvalue weighted by molar-refractivity contribution is 5.45. The van der Waals surface area contributed by atoms with E-state index in [0.29, 0.717) is 24.6 Å². The zero-order valence-corrected chi connectivity index (χ0v) is 16.8. The molecule has 1 aliphatic heterocycles. The van der Waals surface area contributed by atoms with Crippen molar-refractivity contribution in [2.24, 2.45) is 0 Å². The molecule has 6 nitrogen and oxygen atoms in total. The van der Waals surface area contributed by atoms with Gasteiger partial charge in [-0.3, -0.25) is 15.0 Å². The van der Waals surface area contributed by atoms with Crippen LogP contribution in [0.5, 0.6) is 11.5 Å².